The number of phenols is 1. The summed E-state index contributed by atoms with van der Waals surface area (Å²) < 4.78 is 33.7. The lowest BCUT2D eigenvalue weighted by Crippen LogP contribution is -2.52. The Morgan fingerprint density at radius 2 is 0.961 bits per heavy atom. The summed E-state index contributed by atoms with van der Waals surface area (Å²) in [5, 5.41) is 33.8. The number of nitrogens with zero attached hydrogens (tertiary/aromatic N) is 2. The number of carbonyl (C=O) groups excluding carboxylic acids is 2. The van der Waals surface area contributed by atoms with Crippen LogP contribution in [0.25, 0.3) is 0 Å². The third kappa shape index (κ3) is 16.5. The van der Waals surface area contributed by atoms with Crippen LogP contribution in [-0.2, 0) is 35.3 Å². The van der Waals surface area contributed by atoms with Crippen molar-refractivity contribution in [1.82, 2.24) is 0 Å². The van der Waals surface area contributed by atoms with Crippen LogP contribution in [-0.4, -0.2) is 87.6 Å². The number of ether oxygens (including phenoxy) is 5. The van der Waals surface area contributed by atoms with Gasteiger partial charge in [-0.15, -0.1) is 0 Å². The second-order valence-corrected chi connectivity index (χ2v) is 23.2. The van der Waals surface area contributed by atoms with Crippen LogP contribution in [0.15, 0.2) is 60.7 Å². The Bertz CT molecular complexity index is 2510. The SMILES string of the molecule is COc1ccc2cc1Oc1ccc(cc1)CC1c3cc(c(OC)cc3CC[N+]1(C)CCCCCCCCCCCCCC(=O)[O-])Oc1c(O)c(OC)cc3c1C(C2)[N+](C)(CCCCCCCCCCCCCC(=O)[O-])CC3. The number of fused-ring (bicyclic) bond motifs is 2. The Balaban J connectivity index is 1.14. The number of benzene rings is 4. The topological polar surface area (TPSA) is 147 Å². The van der Waals surface area contributed by atoms with E-state index in [0.29, 0.717) is 40.9 Å². The van der Waals surface area contributed by atoms with Gasteiger partial charge in [0.05, 0.1) is 67.2 Å². The fourth-order valence-corrected chi connectivity index (χ4v) is 12.8. The fourth-order valence-electron chi connectivity index (χ4n) is 12.8. The quantitative estimate of drug-likeness (QED) is 0.0382. The molecule has 4 heterocycles. The highest BCUT2D eigenvalue weighted by molar-refractivity contribution is 5.64. The molecule has 0 saturated heterocycles. The number of aromatic hydroxyl groups is 1. The summed E-state index contributed by atoms with van der Waals surface area (Å²) in [6, 6.07) is 21.4. The molecule has 0 radical (unpaired) electrons. The highest BCUT2D eigenvalue weighted by atomic mass is 16.5. The molecule has 8 rings (SSSR count). The maximum Gasteiger partial charge on any atom is 0.201 e. The Kier molecular flexibility index (Phi) is 22.7. The summed E-state index contributed by atoms with van der Waals surface area (Å²) in [6.45, 7) is 3.99. The van der Waals surface area contributed by atoms with E-state index in [-0.39, 0.29) is 30.7 Å². The highest BCUT2D eigenvalue weighted by Gasteiger charge is 2.44. The van der Waals surface area contributed by atoms with Crippen LogP contribution in [0, 0.1) is 0 Å². The number of carbonyl (C=O) groups is 2. The summed E-state index contributed by atoms with van der Waals surface area (Å²) in [5.74, 6) is 2.29. The second kappa shape index (κ2) is 29.5. The van der Waals surface area contributed by atoms with E-state index in [1.54, 1.807) is 21.3 Å². The van der Waals surface area contributed by atoms with E-state index >= 15 is 0 Å². The van der Waals surface area contributed by atoms with E-state index < -0.39 is 11.9 Å². The first-order valence-corrected chi connectivity index (χ1v) is 29.7. The minimum Gasteiger partial charge on any atom is -0.550 e. The molecule has 12 nitrogen and oxygen atoms in total. The number of carboxylic acid groups (broad SMARTS) is 2. The molecule has 1 N–H and O–H groups in total. The van der Waals surface area contributed by atoms with Crippen LogP contribution in [0.5, 0.6) is 46.0 Å². The predicted octanol–water partition coefficient (Wildman–Crippen LogP) is 12.8. The smallest absolute Gasteiger partial charge is 0.201 e. The number of hydrogen-bond donors (Lipinski definition) is 1. The highest BCUT2D eigenvalue weighted by Crippen LogP contribution is 2.53. The van der Waals surface area contributed by atoms with E-state index in [1.807, 2.05) is 12.1 Å². The first-order valence-electron chi connectivity index (χ1n) is 29.7. The summed E-state index contributed by atoms with van der Waals surface area (Å²) in [7, 11) is 9.85. The zero-order valence-electron chi connectivity index (χ0n) is 47.6. The molecule has 0 amide bonds. The monoisotopic (exact) mass is 1060 g/mol. The summed E-state index contributed by atoms with van der Waals surface area (Å²) >= 11 is 0. The van der Waals surface area contributed by atoms with E-state index in [1.165, 1.54) is 93.7 Å². The Morgan fingerprint density at radius 3 is 1.48 bits per heavy atom. The third-order valence-electron chi connectivity index (χ3n) is 17.5. The van der Waals surface area contributed by atoms with Crippen LogP contribution in [0.3, 0.4) is 0 Å². The predicted molar refractivity (Wildman–Crippen MR) is 300 cm³/mol. The number of phenolic OH excluding ortho intramolecular Hbond substituents is 1. The van der Waals surface area contributed by atoms with Gasteiger partial charge in [-0.3, -0.25) is 0 Å². The lowest BCUT2D eigenvalue weighted by Gasteiger charge is -2.47. The second-order valence-electron chi connectivity index (χ2n) is 23.2. The Morgan fingerprint density at radius 1 is 0.519 bits per heavy atom. The zero-order valence-corrected chi connectivity index (χ0v) is 47.6. The molecule has 12 heteroatoms. The molecule has 4 aliphatic heterocycles. The van der Waals surface area contributed by atoms with Gasteiger partial charge < -0.3 is 57.6 Å². The van der Waals surface area contributed by atoms with Gasteiger partial charge in [0.2, 0.25) is 5.75 Å². The van der Waals surface area contributed by atoms with Crippen molar-refractivity contribution in [3.63, 3.8) is 0 Å². The van der Waals surface area contributed by atoms with Crippen molar-refractivity contribution in [2.45, 2.75) is 192 Å². The van der Waals surface area contributed by atoms with E-state index in [4.69, 9.17) is 23.7 Å². The summed E-state index contributed by atoms with van der Waals surface area (Å²) in [4.78, 5) is 21.4. The number of hydrogen-bond acceptors (Lipinski definition) is 10. The molecular weight excluding hydrogens is 969 g/mol. The van der Waals surface area contributed by atoms with Crippen LogP contribution < -0.4 is 33.9 Å². The Labute approximate surface area is 461 Å². The van der Waals surface area contributed by atoms with Gasteiger partial charge in [-0.2, -0.15) is 0 Å². The van der Waals surface area contributed by atoms with Crippen molar-refractivity contribution in [2.24, 2.45) is 0 Å². The van der Waals surface area contributed by atoms with Crippen molar-refractivity contribution < 1.29 is 57.6 Å². The molecule has 4 aliphatic rings. The standard InChI is InChI=1S/C65H92N2O10/c1-66(38-26-22-18-14-10-6-8-12-16-20-24-28-61(68)69)40-36-50-45-57(74-4)59-47-53(50)54(66)42-48-30-33-52(34-31-48)76-58-44-49(32-35-56(58)73-3)43-55-63-51(46-60(75-5)64(72)65(63)77-59)37-41-67(55,2)39-27-23-19-15-11-7-9-13-17-21-25-29-62(70)71/h30-35,44-47,54-55H,6-29,36-43H2,1-5H3,(H-2,68,69,70,71,72). The molecular formula is C65H92N2O10. The van der Waals surface area contributed by atoms with Crippen LogP contribution in [0.4, 0.5) is 0 Å². The maximum atomic E-state index is 12.4. The van der Waals surface area contributed by atoms with Crippen LogP contribution in [0.2, 0.25) is 0 Å². The number of aliphatic carboxylic acids is 2. The number of methoxy groups -OCH3 is 3. The minimum absolute atomic E-state index is 0.00200. The number of unbranched alkanes of at least 4 members (excludes halogenated alkanes) is 20. The van der Waals surface area contributed by atoms with Gasteiger partial charge in [0.15, 0.2) is 34.5 Å². The first-order chi connectivity index (χ1) is 37.3. The molecule has 6 bridgehead atoms. The van der Waals surface area contributed by atoms with Gasteiger partial charge in [-0.1, -0.05) is 121 Å². The van der Waals surface area contributed by atoms with E-state index in [9.17, 15) is 24.9 Å². The number of likely N-dealkylation sites (N-methyl/N-ethyl adjacent to an activating group) is 2. The van der Waals surface area contributed by atoms with Gasteiger partial charge in [0, 0.05) is 43.2 Å². The number of carboxylic acids is 2. The normalized spacial score (nSPS) is 19.5. The Hall–Kier alpha value is -5.46. The molecule has 422 valence electrons. The molecule has 0 aromatic heterocycles. The zero-order chi connectivity index (χ0) is 54.6. The molecule has 4 aromatic carbocycles. The average Bonchev–Trinajstić information content (AvgIpc) is 3.42. The van der Waals surface area contributed by atoms with Gasteiger partial charge >= 0.3 is 0 Å². The van der Waals surface area contributed by atoms with Gasteiger partial charge in [-0.05, 0) is 116 Å². The molecule has 4 unspecified atom stereocenters. The molecule has 0 saturated carbocycles. The molecule has 77 heavy (non-hydrogen) atoms. The molecule has 4 atom stereocenters. The summed E-state index contributed by atoms with van der Waals surface area (Å²) in [6.07, 6.45) is 28.3. The summed E-state index contributed by atoms with van der Waals surface area (Å²) in [5.41, 5.74) is 6.99. The van der Waals surface area contributed by atoms with Crippen LogP contribution >= 0.6 is 0 Å². The molecule has 0 spiro atoms. The fraction of sp³-hybridized carbons (Fsp3) is 0.600. The van der Waals surface area contributed by atoms with E-state index in [0.717, 1.165) is 141 Å². The van der Waals surface area contributed by atoms with Crippen molar-refractivity contribution in [1.29, 1.82) is 0 Å². The van der Waals surface area contributed by atoms with Gasteiger partial charge in [-0.25, -0.2) is 0 Å². The molecule has 4 aromatic rings. The lowest BCUT2D eigenvalue weighted by molar-refractivity contribution is -0.941. The van der Waals surface area contributed by atoms with Crippen molar-refractivity contribution in [2.75, 3.05) is 61.6 Å². The number of rotatable bonds is 31. The van der Waals surface area contributed by atoms with Crippen LogP contribution in [0.1, 0.15) is 200 Å². The average molecular weight is 1060 g/mol. The molecule has 0 aliphatic carbocycles. The first kappa shape index (κ1) is 59.2. The van der Waals surface area contributed by atoms with Crippen molar-refractivity contribution in [3.05, 3.63) is 94.0 Å². The van der Waals surface area contributed by atoms with Gasteiger partial charge in [0.1, 0.15) is 17.8 Å². The molecule has 0 fully saturated rings. The third-order valence-corrected chi connectivity index (χ3v) is 17.5. The van der Waals surface area contributed by atoms with E-state index in [2.05, 4.69) is 62.6 Å². The minimum atomic E-state index is -0.946. The van der Waals surface area contributed by atoms with Gasteiger partial charge in [0.25, 0.3) is 0 Å². The lowest BCUT2D eigenvalue weighted by atomic mass is 9.84. The maximum absolute atomic E-state index is 12.4. The van der Waals surface area contributed by atoms with Crippen molar-refractivity contribution in [3.8, 4) is 46.0 Å². The van der Waals surface area contributed by atoms with Crippen molar-refractivity contribution >= 4 is 11.9 Å². The number of quaternary nitrogens is 2. The largest absolute Gasteiger partial charge is 0.550 e.